The molecule has 0 spiro atoms. The molecule has 1 unspecified atom stereocenters. The summed E-state index contributed by atoms with van der Waals surface area (Å²) in [5.74, 6) is 2.56. The first-order valence-corrected chi connectivity index (χ1v) is 10.0. The summed E-state index contributed by atoms with van der Waals surface area (Å²) in [5.41, 5.74) is 3.10. The average Bonchev–Trinajstić information content (AvgIpc) is 2.60. The van der Waals surface area contributed by atoms with E-state index in [1.807, 2.05) is 19.1 Å². The molecule has 1 fully saturated rings. The van der Waals surface area contributed by atoms with E-state index in [2.05, 4.69) is 13.0 Å². The van der Waals surface area contributed by atoms with E-state index in [0.29, 0.717) is 0 Å². The van der Waals surface area contributed by atoms with Gasteiger partial charge in [0.05, 0.1) is 5.02 Å². The summed E-state index contributed by atoms with van der Waals surface area (Å²) in [5, 5.41) is 0.289. The predicted molar refractivity (Wildman–Crippen MR) is 101 cm³/mol. The molecule has 1 saturated carbocycles. The number of hydrogen-bond acceptors (Lipinski definition) is 0. The van der Waals surface area contributed by atoms with E-state index in [9.17, 15) is 4.39 Å². The van der Waals surface area contributed by atoms with Crippen molar-refractivity contribution in [3.8, 4) is 0 Å². The molecule has 0 N–H and O–H groups in total. The standard InChI is InChI=1S/C22H30ClF/c1-15-3-9-18(10-4-15)19-12-6-17(7-13-19)8-14-20-11-5-16(2)21(23)22(20)24/h5-6,11,15,18-19H,3-4,7-10,12-14H2,1-2H3. The van der Waals surface area contributed by atoms with E-state index < -0.39 is 0 Å². The lowest BCUT2D eigenvalue weighted by Crippen LogP contribution is -2.22. The summed E-state index contributed by atoms with van der Waals surface area (Å²) in [6.07, 6.45) is 13.7. The first kappa shape index (κ1) is 18.0. The number of rotatable bonds is 4. The van der Waals surface area contributed by atoms with Gasteiger partial charge in [-0.25, -0.2) is 4.39 Å². The van der Waals surface area contributed by atoms with Crippen LogP contribution in [0.15, 0.2) is 23.8 Å². The van der Waals surface area contributed by atoms with Crippen LogP contribution in [0.4, 0.5) is 4.39 Å². The SMILES string of the molecule is Cc1ccc(CCC2=CCC(C3CCC(C)CC3)CC2)c(F)c1Cl. The van der Waals surface area contributed by atoms with Gasteiger partial charge in [0.15, 0.2) is 0 Å². The van der Waals surface area contributed by atoms with Crippen molar-refractivity contribution in [2.75, 3.05) is 0 Å². The summed E-state index contributed by atoms with van der Waals surface area (Å²) >= 11 is 6.03. The van der Waals surface area contributed by atoms with Crippen LogP contribution in [0.1, 0.15) is 69.4 Å². The first-order valence-electron chi connectivity index (χ1n) is 9.66. The summed E-state index contributed by atoms with van der Waals surface area (Å²) in [6, 6.07) is 3.82. The van der Waals surface area contributed by atoms with Crippen molar-refractivity contribution < 1.29 is 4.39 Å². The number of allylic oxidation sites excluding steroid dienone is 2. The molecule has 0 aromatic heterocycles. The average molecular weight is 349 g/mol. The molecule has 3 rings (SSSR count). The van der Waals surface area contributed by atoms with Crippen LogP contribution in [-0.4, -0.2) is 0 Å². The Morgan fingerprint density at radius 3 is 2.46 bits per heavy atom. The molecule has 0 amide bonds. The molecule has 1 aromatic carbocycles. The molecule has 0 heterocycles. The Bertz CT molecular complexity index is 596. The van der Waals surface area contributed by atoms with Gasteiger partial charge in [-0.15, -0.1) is 0 Å². The minimum atomic E-state index is -0.220. The smallest absolute Gasteiger partial charge is 0.145 e. The van der Waals surface area contributed by atoms with E-state index >= 15 is 0 Å². The fourth-order valence-corrected chi connectivity index (χ4v) is 4.68. The van der Waals surface area contributed by atoms with E-state index in [0.717, 1.165) is 41.7 Å². The van der Waals surface area contributed by atoms with Crippen molar-refractivity contribution in [2.24, 2.45) is 17.8 Å². The Morgan fingerprint density at radius 1 is 1.04 bits per heavy atom. The maximum atomic E-state index is 14.2. The number of aryl methyl sites for hydroxylation is 2. The summed E-state index contributed by atoms with van der Waals surface area (Å²) < 4.78 is 14.2. The molecular formula is C22H30ClF. The maximum Gasteiger partial charge on any atom is 0.145 e. The minimum Gasteiger partial charge on any atom is -0.205 e. The largest absolute Gasteiger partial charge is 0.205 e. The third-order valence-electron chi connectivity index (χ3n) is 6.34. The molecule has 0 nitrogen and oxygen atoms in total. The van der Waals surface area contributed by atoms with Crippen molar-refractivity contribution >= 4 is 11.6 Å². The maximum absolute atomic E-state index is 14.2. The lowest BCUT2D eigenvalue weighted by Gasteiger charge is -2.34. The molecule has 0 aliphatic heterocycles. The number of halogens is 2. The molecule has 1 atom stereocenters. The predicted octanol–water partition coefficient (Wildman–Crippen LogP) is 7.27. The van der Waals surface area contributed by atoms with Gasteiger partial charge in [0.1, 0.15) is 5.82 Å². The first-order chi connectivity index (χ1) is 11.5. The van der Waals surface area contributed by atoms with Crippen LogP contribution < -0.4 is 0 Å². The summed E-state index contributed by atoms with van der Waals surface area (Å²) in [6.45, 7) is 4.25. The zero-order chi connectivity index (χ0) is 17.1. The van der Waals surface area contributed by atoms with Gasteiger partial charge in [-0.2, -0.15) is 0 Å². The highest BCUT2D eigenvalue weighted by atomic mass is 35.5. The van der Waals surface area contributed by atoms with Crippen molar-refractivity contribution in [3.05, 3.63) is 45.7 Å². The lowest BCUT2D eigenvalue weighted by molar-refractivity contribution is 0.199. The number of hydrogen-bond donors (Lipinski definition) is 0. The van der Waals surface area contributed by atoms with E-state index in [1.54, 1.807) is 0 Å². The Labute approximate surface area is 151 Å². The molecule has 24 heavy (non-hydrogen) atoms. The molecule has 0 bridgehead atoms. The molecule has 132 valence electrons. The monoisotopic (exact) mass is 348 g/mol. The molecular weight excluding hydrogens is 319 g/mol. The van der Waals surface area contributed by atoms with Crippen molar-refractivity contribution in [3.63, 3.8) is 0 Å². The minimum absolute atomic E-state index is 0.220. The Morgan fingerprint density at radius 2 is 1.79 bits per heavy atom. The normalized spacial score (nSPS) is 27.8. The van der Waals surface area contributed by atoms with Gasteiger partial charge >= 0.3 is 0 Å². The Hall–Kier alpha value is -0.820. The van der Waals surface area contributed by atoms with Gasteiger partial charge in [-0.05, 0) is 80.8 Å². The summed E-state index contributed by atoms with van der Waals surface area (Å²) in [4.78, 5) is 0. The molecule has 0 saturated heterocycles. The fraction of sp³-hybridized carbons (Fsp3) is 0.636. The molecule has 0 radical (unpaired) electrons. The Kier molecular flexibility index (Phi) is 6.02. The van der Waals surface area contributed by atoms with Gasteiger partial charge in [0, 0.05) is 0 Å². The van der Waals surface area contributed by atoms with Crippen LogP contribution in [-0.2, 0) is 6.42 Å². The van der Waals surface area contributed by atoms with Crippen molar-refractivity contribution in [1.29, 1.82) is 0 Å². The lowest BCUT2D eigenvalue weighted by atomic mass is 9.71. The Balaban J connectivity index is 1.52. The summed E-state index contributed by atoms with van der Waals surface area (Å²) in [7, 11) is 0. The highest BCUT2D eigenvalue weighted by molar-refractivity contribution is 6.31. The van der Waals surface area contributed by atoms with Crippen LogP contribution in [0.2, 0.25) is 5.02 Å². The molecule has 2 heteroatoms. The highest BCUT2D eigenvalue weighted by Crippen LogP contribution is 2.40. The van der Waals surface area contributed by atoms with E-state index in [4.69, 9.17) is 11.6 Å². The van der Waals surface area contributed by atoms with Gasteiger partial charge in [-0.1, -0.05) is 55.1 Å². The van der Waals surface area contributed by atoms with Gasteiger partial charge in [0.2, 0.25) is 0 Å². The third kappa shape index (κ3) is 4.23. The highest BCUT2D eigenvalue weighted by Gasteiger charge is 2.27. The molecule has 2 aliphatic carbocycles. The molecule has 2 aliphatic rings. The van der Waals surface area contributed by atoms with Gasteiger partial charge < -0.3 is 0 Å². The van der Waals surface area contributed by atoms with Gasteiger partial charge in [-0.3, -0.25) is 0 Å². The number of benzene rings is 1. The second-order valence-electron chi connectivity index (χ2n) is 8.09. The zero-order valence-corrected chi connectivity index (χ0v) is 15.8. The second-order valence-corrected chi connectivity index (χ2v) is 8.46. The van der Waals surface area contributed by atoms with Crippen LogP contribution in [0.5, 0.6) is 0 Å². The van der Waals surface area contributed by atoms with E-state index in [1.165, 1.54) is 50.5 Å². The quantitative estimate of drug-likeness (QED) is 0.502. The zero-order valence-electron chi connectivity index (χ0n) is 15.1. The molecule has 1 aromatic rings. The second kappa shape index (κ2) is 8.04. The van der Waals surface area contributed by atoms with Crippen LogP contribution in [0, 0.1) is 30.5 Å². The van der Waals surface area contributed by atoms with E-state index in [-0.39, 0.29) is 10.8 Å². The fourth-order valence-electron chi connectivity index (χ4n) is 4.50. The topological polar surface area (TPSA) is 0 Å². The third-order valence-corrected chi connectivity index (χ3v) is 6.81. The van der Waals surface area contributed by atoms with Crippen molar-refractivity contribution in [2.45, 2.75) is 71.6 Å². The van der Waals surface area contributed by atoms with Crippen LogP contribution in [0.3, 0.4) is 0 Å². The van der Waals surface area contributed by atoms with Gasteiger partial charge in [0.25, 0.3) is 0 Å². The van der Waals surface area contributed by atoms with Crippen LogP contribution >= 0.6 is 11.6 Å². The van der Waals surface area contributed by atoms with Crippen LogP contribution in [0.25, 0.3) is 0 Å². The van der Waals surface area contributed by atoms with Crippen molar-refractivity contribution in [1.82, 2.24) is 0 Å².